The highest BCUT2D eigenvalue weighted by atomic mass is 32.2. The van der Waals surface area contributed by atoms with Crippen molar-refractivity contribution in [1.29, 1.82) is 0 Å². The maximum atomic E-state index is 13.1. The molecule has 26 heavy (non-hydrogen) atoms. The Morgan fingerprint density at radius 1 is 1.27 bits per heavy atom. The second-order valence-electron chi connectivity index (χ2n) is 5.73. The number of aryl methyl sites for hydroxylation is 1. The predicted molar refractivity (Wildman–Crippen MR) is 101 cm³/mol. The molecule has 0 atom stereocenters. The van der Waals surface area contributed by atoms with E-state index in [2.05, 4.69) is 9.97 Å². The molecule has 4 rings (SSSR count). The summed E-state index contributed by atoms with van der Waals surface area (Å²) in [5.41, 5.74) is 2.26. The van der Waals surface area contributed by atoms with Crippen molar-refractivity contribution in [2.45, 2.75) is 12.1 Å². The lowest BCUT2D eigenvalue weighted by Gasteiger charge is -2.09. The monoisotopic (exact) mass is 368 g/mol. The van der Waals surface area contributed by atoms with Gasteiger partial charge in [0.15, 0.2) is 10.8 Å². The number of pyridine rings is 1. The molecule has 0 N–H and O–H groups in total. The molecule has 0 saturated heterocycles. The molecule has 132 valence electrons. The zero-order valence-electron chi connectivity index (χ0n) is 14.5. The second-order valence-corrected chi connectivity index (χ2v) is 6.50. The lowest BCUT2D eigenvalue weighted by atomic mass is 10.2. The number of ether oxygens (including phenoxy) is 1. The number of esters is 1. The minimum absolute atomic E-state index is 0.00134. The average molecular weight is 368 g/mol. The van der Waals surface area contributed by atoms with E-state index in [-0.39, 0.29) is 12.2 Å². The molecule has 0 fully saturated rings. The van der Waals surface area contributed by atoms with Gasteiger partial charge in [-0.05, 0) is 25.3 Å². The molecule has 0 aliphatic carbocycles. The number of hydrogen-bond acceptors (Lipinski definition) is 6. The molecule has 0 bridgehead atoms. The van der Waals surface area contributed by atoms with Crippen LogP contribution in [-0.4, -0.2) is 37.8 Å². The van der Waals surface area contributed by atoms with Crippen molar-refractivity contribution < 1.29 is 9.53 Å². The maximum absolute atomic E-state index is 13.1. The van der Waals surface area contributed by atoms with Gasteiger partial charge in [0.2, 0.25) is 5.43 Å². The van der Waals surface area contributed by atoms with Gasteiger partial charge in [-0.25, -0.2) is 14.8 Å². The van der Waals surface area contributed by atoms with Gasteiger partial charge in [-0.3, -0.25) is 9.20 Å². The highest BCUT2D eigenvalue weighted by Crippen LogP contribution is 2.26. The first kappa shape index (κ1) is 16.6. The normalized spacial score (nSPS) is 11.5. The molecule has 8 heteroatoms. The van der Waals surface area contributed by atoms with E-state index in [9.17, 15) is 9.59 Å². The molecule has 0 saturated carbocycles. The minimum atomic E-state index is -0.642. The van der Waals surface area contributed by atoms with Gasteiger partial charge in [0, 0.05) is 13.2 Å². The topological polar surface area (TPSA) is 78.5 Å². The van der Waals surface area contributed by atoms with Crippen LogP contribution in [0.3, 0.4) is 0 Å². The van der Waals surface area contributed by atoms with E-state index in [1.807, 2.05) is 46.5 Å². The Morgan fingerprint density at radius 3 is 2.69 bits per heavy atom. The Morgan fingerprint density at radius 2 is 2.00 bits per heavy atom. The van der Waals surface area contributed by atoms with Crippen LogP contribution >= 0.6 is 11.8 Å². The van der Waals surface area contributed by atoms with Crippen molar-refractivity contribution in [3.8, 4) is 0 Å². The van der Waals surface area contributed by atoms with Crippen LogP contribution in [0.1, 0.15) is 17.3 Å². The summed E-state index contributed by atoms with van der Waals surface area (Å²) < 4.78 is 8.81. The number of fused-ring (bicyclic) bond motifs is 5. The van der Waals surface area contributed by atoms with Crippen LogP contribution < -0.4 is 5.43 Å². The molecule has 3 heterocycles. The quantitative estimate of drug-likeness (QED) is 0.314. The highest BCUT2D eigenvalue weighted by molar-refractivity contribution is 7.98. The van der Waals surface area contributed by atoms with Crippen molar-refractivity contribution in [3.05, 3.63) is 46.2 Å². The molecule has 0 aliphatic rings. The Hall–Kier alpha value is -2.87. The third-order valence-electron chi connectivity index (χ3n) is 4.33. The van der Waals surface area contributed by atoms with Crippen LogP contribution in [0.5, 0.6) is 0 Å². The van der Waals surface area contributed by atoms with Gasteiger partial charge in [0.25, 0.3) is 0 Å². The van der Waals surface area contributed by atoms with Crippen molar-refractivity contribution in [2.24, 2.45) is 7.05 Å². The summed E-state index contributed by atoms with van der Waals surface area (Å²) in [5, 5.41) is 0.849. The number of nitrogens with zero attached hydrogens (tertiary/aromatic N) is 4. The molecular formula is C18H16N4O3S. The Labute approximate surface area is 152 Å². The first-order valence-corrected chi connectivity index (χ1v) is 9.31. The molecule has 0 unspecified atom stereocenters. The van der Waals surface area contributed by atoms with Crippen molar-refractivity contribution >= 4 is 45.4 Å². The molecular weight excluding hydrogens is 352 g/mol. The van der Waals surface area contributed by atoms with Gasteiger partial charge in [0.05, 0.1) is 23.0 Å². The molecule has 4 aromatic rings. The van der Waals surface area contributed by atoms with E-state index in [0.717, 1.165) is 11.0 Å². The molecule has 0 spiro atoms. The predicted octanol–water partition coefficient (Wildman–Crippen LogP) is 2.63. The van der Waals surface area contributed by atoms with Crippen molar-refractivity contribution in [1.82, 2.24) is 18.9 Å². The average Bonchev–Trinajstić information content (AvgIpc) is 2.95. The molecule has 7 nitrogen and oxygen atoms in total. The zero-order valence-corrected chi connectivity index (χ0v) is 15.3. The van der Waals surface area contributed by atoms with Gasteiger partial charge in [-0.15, -0.1) is 0 Å². The lowest BCUT2D eigenvalue weighted by Crippen LogP contribution is -2.22. The first-order chi connectivity index (χ1) is 12.6. The summed E-state index contributed by atoms with van der Waals surface area (Å²) >= 11 is 1.39. The van der Waals surface area contributed by atoms with Crippen LogP contribution in [0.25, 0.3) is 27.7 Å². The van der Waals surface area contributed by atoms with Crippen LogP contribution in [0.2, 0.25) is 0 Å². The summed E-state index contributed by atoms with van der Waals surface area (Å²) in [6.45, 7) is 1.90. The SMILES string of the molecule is CCOC(=O)c1c(=O)c2cnc(SC)nc2n2c3ccccc3n(C)c12. The van der Waals surface area contributed by atoms with E-state index in [4.69, 9.17) is 4.74 Å². The molecule has 3 aromatic heterocycles. The Kier molecular flexibility index (Phi) is 3.91. The van der Waals surface area contributed by atoms with Crippen LogP contribution in [0.15, 0.2) is 40.4 Å². The highest BCUT2D eigenvalue weighted by Gasteiger charge is 2.25. The molecule has 0 radical (unpaired) electrons. The van der Waals surface area contributed by atoms with Gasteiger partial charge < -0.3 is 9.30 Å². The number of imidazole rings is 1. The third kappa shape index (κ3) is 2.22. The third-order valence-corrected chi connectivity index (χ3v) is 4.89. The number of carbonyl (C=O) groups is 1. The largest absolute Gasteiger partial charge is 0.462 e. The lowest BCUT2D eigenvalue weighted by molar-refractivity contribution is 0.0526. The van der Waals surface area contributed by atoms with Crippen LogP contribution in [0.4, 0.5) is 0 Å². The first-order valence-electron chi connectivity index (χ1n) is 8.08. The van der Waals surface area contributed by atoms with E-state index in [0.29, 0.717) is 21.8 Å². The molecule has 0 amide bonds. The Balaban J connectivity index is 2.33. The second kappa shape index (κ2) is 6.14. The summed E-state index contributed by atoms with van der Waals surface area (Å²) in [4.78, 5) is 34.4. The van der Waals surface area contributed by atoms with Crippen molar-refractivity contribution in [3.63, 3.8) is 0 Å². The standard InChI is InChI=1S/C18H16N4O3S/c1-4-25-17(24)13-14(23)10-9-19-18(26-3)20-15(10)22-12-8-6-5-7-11(12)21(2)16(13)22/h5-9H,4H2,1-3H3. The number of benzene rings is 1. The summed E-state index contributed by atoms with van der Waals surface area (Å²) in [6, 6.07) is 7.69. The van der Waals surface area contributed by atoms with Gasteiger partial charge in [-0.2, -0.15) is 0 Å². The maximum Gasteiger partial charge on any atom is 0.345 e. The number of hydrogen-bond donors (Lipinski definition) is 0. The Bertz CT molecular complexity index is 1240. The molecule has 1 aromatic carbocycles. The van der Waals surface area contributed by atoms with E-state index < -0.39 is 11.4 Å². The van der Waals surface area contributed by atoms with Gasteiger partial charge >= 0.3 is 5.97 Å². The summed E-state index contributed by atoms with van der Waals surface area (Å²) in [7, 11) is 1.82. The van der Waals surface area contributed by atoms with E-state index in [1.165, 1.54) is 18.0 Å². The van der Waals surface area contributed by atoms with Crippen molar-refractivity contribution in [2.75, 3.05) is 12.9 Å². The fraction of sp³-hybridized carbons (Fsp3) is 0.222. The minimum Gasteiger partial charge on any atom is -0.462 e. The fourth-order valence-corrected chi connectivity index (χ4v) is 3.55. The van der Waals surface area contributed by atoms with Crippen LogP contribution in [-0.2, 0) is 11.8 Å². The number of para-hydroxylation sites is 2. The zero-order chi connectivity index (χ0) is 18.4. The molecule has 0 aliphatic heterocycles. The number of carbonyl (C=O) groups excluding carboxylic acids is 1. The van der Waals surface area contributed by atoms with E-state index >= 15 is 0 Å². The van der Waals surface area contributed by atoms with Crippen LogP contribution in [0, 0.1) is 0 Å². The summed E-state index contributed by atoms with van der Waals surface area (Å²) in [6.07, 6.45) is 3.35. The fourth-order valence-electron chi connectivity index (χ4n) is 3.22. The number of thioether (sulfide) groups is 1. The summed E-state index contributed by atoms with van der Waals surface area (Å²) in [5.74, 6) is -0.642. The number of aromatic nitrogens is 4. The smallest absolute Gasteiger partial charge is 0.345 e. The van der Waals surface area contributed by atoms with E-state index in [1.54, 1.807) is 6.92 Å². The number of rotatable bonds is 3. The van der Waals surface area contributed by atoms with Gasteiger partial charge in [-0.1, -0.05) is 23.9 Å². The van der Waals surface area contributed by atoms with Gasteiger partial charge in [0.1, 0.15) is 11.2 Å².